The molecule has 0 aromatic rings. The smallest absolute Gasteiger partial charge is 0.0571 e. The second-order valence-corrected chi connectivity index (χ2v) is 9.49. The van der Waals surface area contributed by atoms with Crippen LogP contribution >= 0.6 is 0 Å². The average Bonchev–Trinajstić information content (AvgIpc) is 2.64. The van der Waals surface area contributed by atoms with Gasteiger partial charge in [0.1, 0.15) is 0 Å². The van der Waals surface area contributed by atoms with Gasteiger partial charge in [-0.25, -0.2) is 0 Å². The lowest BCUT2D eigenvalue weighted by Gasteiger charge is -2.49. The topological polar surface area (TPSA) is 15.7 Å². The van der Waals surface area contributed by atoms with Crippen molar-refractivity contribution >= 4 is 0 Å². The lowest BCUT2D eigenvalue weighted by molar-refractivity contribution is -0.00403. The summed E-state index contributed by atoms with van der Waals surface area (Å²) < 4.78 is 5.51. The molecule has 2 rings (SSSR count). The van der Waals surface area contributed by atoms with Crippen LogP contribution in [0.15, 0.2) is 0 Å². The number of rotatable bonds is 10. The molecule has 0 radical (unpaired) electrons. The summed E-state index contributed by atoms with van der Waals surface area (Å²) in [5, 5.41) is 0. The quantitative estimate of drug-likeness (QED) is 0.486. The Kier molecular flexibility index (Phi) is 9.40. The van der Waals surface area contributed by atoms with E-state index in [2.05, 4.69) is 37.5 Å². The molecule has 0 N–H and O–H groups in total. The van der Waals surface area contributed by atoms with Gasteiger partial charge in [-0.3, -0.25) is 9.80 Å². The van der Waals surface area contributed by atoms with E-state index >= 15 is 0 Å². The third-order valence-electron chi connectivity index (χ3n) is 7.13. The van der Waals surface area contributed by atoms with Gasteiger partial charge in [0.25, 0.3) is 0 Å². The minimum atomic E-state index is 0.329. The van der Waals surface area contributed by atoms with E-state index in [1.54, 1.807) is 0 Å². The summed E-state index contributed by atoms with van der Waals surface area (Å²) in [4.78, 5) is 5.54. The zero-order valence-electron chi connectivity index (χ0n) is 18.4. The molecular weight excluding hydrogens is 320 g/mol. The molecule has 3 heteroatoms. The van der Waals surface area contributed by atoms with Crippen molar-refractivity contribution in [3.05, 3.63) is 0 Å². The molecule has 1 unspecified atom stereocenters. The SMILES string of the molecule is CCCC(CC)N1CCN(CCCC[C@H]2CC[C@H](OC)CC2)C(C)(C)C1. The Labute approximate surface area is 163 Å². The van der Waals surface area contributed by atoms with Crippen molar-refractivity contribution in [3.63, 3.8) is 0 Å². The van der Waals surface area contributed by atoms with Crippen molar-refractivity contribution in [3.8, 4) is 0 Å². The fourth-order valence-electron chi connectivity index (χ4n) is 5.32. The van der Waals surface area contributed by atoms with Gasteiger partial charge in [-0.2, -0.15) is 0 Å². The molecule has 154 valence electrons. The highest BCUT2D eigenvalue weighted by Crippen LogP contribution is 2.30. The van der Waals surface area contributed by atoms with E-state index in [1.807, 2.05) is 7.11 Å². The number of hydrogen-bond acceptors (Lipinski definition) is 3. The first-order chi connectivity index (χ1) is 12.5. The van der Waals surface area contributed by atoms with Crippen LogP contribution in [0, 0.1) is 5.92 Å². The summed E-state index contributed by atoms with van der Waals surface area (Å²) in [6.45, 7) is 14.7. The van der Waals surface area contributed by atoms with Gasteiger partial charge in [0.15, 0.2) is 0 Å². The molecule has 0 aromatic heterocycles. The van der Waals surface area contributed by atoms with Crippen LogP contribution in [0.2, 0.25) is 0 Å². The molecule has 1 aliphatic carbocycles. The molecule has 2 aliphatic rings. The lowest BCUT2D eigenvalue weighted by Crippen LogP contribution is -2.61. The van der Waals surface area contributed by atoms with E-state index in [4.69, 9.17) is 4.74 Å². The van der Waals surface area contributed by atoms with Crippen molar-refractivity contribution in [1.29, 1.82) is 0 Å². The van der Waals surface area contributed by atoms with E-state index in [0.29, 0.717) is 11.6 Å². The summed E-state index contributed by atoms with van der Waals surface area (Å²) in [6.07, 6.45) is 14.1. The minimum Gasteiger partial charge on any atom is -0.381 e. The van der Waals surface area contributed by atoms with Crippen molar-refractivity contribution in [1.82, 2.24) is 9.80 Å². The Balaban J connectivity index is 1.67. The molecule has 0 spiro atoms. The Morgan fingerprint density at radius 3 is 2.35 bits per heavy atom. The lowest BCUT2D eigenvalue weighted by atomic mass is 9.84. The van der Waals surface area contributed by atoms with Gasteiger partial charge in [-0.15, -0.1) is 0 Å². The second-order valence-electron chi connectivity index (χ2n) is 9.49. The first-order valence-corrected chi connectivity index (χ1v) is 11.5. The summed E-state index contributed by atoms with van der Waals surface area (Å²) in [7, 11) is 1.87. The van der Waals surface area contributed by atoms with Gasteiger partial charge in [0.2, 0.25) is 0 Å². The summed E-state index contributed by atoms with van der Waals surface area (Å²) in [6, 6.07) is 0.795. The summed E-state index contributed by atoms with van der Waals surface area (Å²) >= 11 is 0. The van der Waals surface area contributed by atoms with Gasteiger partial charge >= 0.3 is 0 Å². The van der Waals surface area contributed by atoms with Crippen molar-refractivity contribution in [2.45, 2.75) is 110 Å². The van der Waals surface area contributed by atoms with Crippen LogP contribution in [0.25, 0.3) is 0 Å². The van der Waals surface area contributed by atoms with E-state index in [1.165, 1.54) is 90.4 Å². The number of unbranched alkanes of at least 4 members (excludes halogenated alkanes) is 1. The highest BCUT2D eigenvalue weighted by Gasteiger charge is 2.35. The molecule has 1 aliphatic heterocycles. The Hall–Kier alpha value is -0.120. The molecule has 0 bridgehead atoms. The summed E-state index contributed by atoms with van der Waals surface area (Å²) in [5.74, 6) is 0.964. The fourth-order valence-corrected chi connectivity index (χ4v) is 5.32. The molecule has 26 heavy (non-hydrogen) atoms. The van der Waals surface area contributed by atoms with Crippen LogP contribution in [0.4, 0.5) is 0 Å². The summed E-state index contributed by atoms with van der Waals surface area (Å²) in [5.41, 5.74) is 0.329. The molecule has 1 saturated heterocycles. The predicted octanol–water partition coefficient (Wildman–Crippen LogP) is 5.34. The Morgan fingerprint density at radius 2 is 1.77 bits per heavy atom. The van der Waals surface area contributed by atoms with Gasteiger partial charge < -0.3 is 4.74 Å². The molecule has 0 amide bonds. The molecule has 1 saturated carbocycles. The maximum Gasteiger partial charge on any atom is 0.0571 e. The molecule has 1 heterocycles. The van der Waals surface area contributed by atoms with Crippen molar-refractivity contribution in [2.75, 3.05) is 33.3 Å². The Morgan fingerprint density at radius 1 is 1.04 bits per heavy atom. The maximum atomic E-state index is 5.51. The van der Waals surface area contributed by atoms with Gasteiger partial charge in [-0.05, 0) is 71.3 Å². The molecule has 0 aromatic carbocycles. The zero-order chi connectivity index (χ0) is 19.0. The number of nitrogens with zero attached hydrogens (tertiary/aromatic N) is 2. The van der Waals surface area contributed by atoms with Crippen LogP contribution in [0.1, 0.15) is 91.9 Å². The first-order valence-electron chi connectivity index (χ1n) is 11.5. The highest BCUT2D eigenvalue weighted by atomic mass is 16.5. The largest absolute Gasteiger partial charge is 0.381 e. The Bertz CT molecular complexity index is 376. The van der Waals surface area contributed by atoms with E-state index in [9.17, 15) is 0 Å². The molecule has 3 nitrogen and oxygen atoms in total. The van der Waals surface area contributed by atoms with Crippen LogP contribution < -0.4 is 0 Å². The third kappa shape index (κ3) is 6.49. The van der Waals surface area contributed by atoms with E-state index < -0.39 is 0 Å². The standard InChI is InChI=1S/C23H46N2O/c1-6-10-21(7-2)24-17-18-25(23(3,4)19-24)16-9-8-11-20-12-14-22(26-5)15-13-20/h20-22H,6-19H2,1-5H3/t20-,21?,22-. The van der Waals surface area contributed by atoms with Crippen molar-refractivity contribution < 1.29 is 4.74 Å². The molecule has 1 atom stereocenters. The zero-order valence-corrected chi connectivity index (χ0v) is 18.4. The van der Waals surface area contributed by atoms with E-state index in [-0.39, 0.29) is 0 Å². The highest BCUT2D eigenvalue weighted by molar-refractivity contribution is 4.92. The minimum absolute atomic E-state index is 0.329. The molecular formula is C23H46N2O. The normalized spacial score (nSPS) is 29.0. The second kappa shape index (κ2) is 11.0. The third-order valence-corrected chi connectivity index (χ3v) is 7.13. The number of methoxy groups -OCH3 is 1. The monoisotopic (exact) mass is 366 g/mol. The van der Waals surface area contributed by atoms with Gasteiger partial charge in [0, 0.05) is 38.3 Å². The number of piperazine rings is 1. The van der Waals surface area contributed by atoms with Crippen molar-refractivity contribution in [2.24, 2.45) is 5.92 Å². The predicted molar refractivity (Wildman–Crippen MR) is 113 cm³/mol. The van der Waals surface area contributed by atoms with E-state index in [0.717, 1.165) is 12.0 Å². The van der Waals surface area contributed by atoms with Crippen LogP contribution in [0.3, 0.4) is 0 Å². The number of hydrogen-bond donors (Lipinski definition) is 0. The van der Waals surface area contributed by atoms with Crippen LogP contribution in [0.5, 0.6) is 0 Å². The van der Waals surface area contributed by atoms with Gasteiger partial charge in [0.05, 0.1) is 6.10 Å². The maximum absolute atomic E-state index is 5.51. The van der Waals surface area contributed by atoms with Crippen LogP contribution in [-0.4, -0.2) is 60.8 Å². The van der Waals surface area contributed by atoms with Gasteiger partial charge in [-0.1, -0.05) is 33.1 Å². The number of ether oxygens (including phenoxy) is 1. The average molecular weight is 367 g/mol. The fraction of sp³-hybridized carbons (Fsp3) is 1.00. The molecule has 2 fully saturated rings. The van der Waals surface area contributed by atoms with Crippen LogP contribution in [-0.2, 0) is 4.74 Å². The first kappa shape index (κ1) is 22.2.